The summed E-state index contributed by atoms with van der Waals surface area (Å²) in [7, 11) is 1.45. The molecule has 0 aliphatic carbocycles. The minimum atomic E-state index is -1.83. The highest BCUT2D eigenvalue weighted by Gasteiger charge is 2.36. The number of hydrogen-bond donors (Lipinski definition) is 4. The maximum atomic E-state index is 12.1. The van der Waals surface area contributed by atoms with Crippen LogP contribution in [0.2, 0.25) is 5.82 Å². The van der Waals surface area contributed by atoms with Crippen molar-refractivity contribution in [2.24, 2.45) is 11.8 Å². The van der Waals surface area contributed by atoms with Gasteiger partial charge in [-0.05, 0) is 20.3 Å². The molecule has 0 saturated carbocycles. The van der Waals surface area contributed by atoms with E-state index in [-0.39, 0.29) is 11.9 Å². The molecule has 0 aromatic carbocycles. The Balaban J connectivity index is 5.14. The van der Waals surface area contributed by atoms with Gasteiger partial charge in [-0.2, -0.15) is 0 Å². The molecule has 0 aliphatic heterocycles. The van der Waals surface area contributed by atoms with Gasteiger partial charge in [0.25, 0.3) is 0 Å². The lowest BCUT2D eigenvalue weighted by Crippen LogP contribution is -2.46. The molecule has 0 fully saturated rings. The molecule has 9 heteroatoms. The highest BCUT2D eigenvalue weighted by molar-refractivity contribution is 6.39. The Morgan fingerprint density at radius 2 is 1.41 bits per heavy atom. The van der Waals surface area contributed by atoms with Crippen LogP contribution in [0.1, 0.15) is 34.1 Å². The molecule has 0 saturated heterocycles. The normalized spacial score (nSPS) is 12.1. The van der Waals surface area contributed by atoms with Crippen LogP contribution < -0.4 is 10.5 Å². The highest BCUT2D eigenvalue weighted by Crippen LogP contribution is 2.15. The van der Waals surface area contributed by atoms with E-state index in [4.69, 9.17) is 10.2 Å². The summed E-state index contributed by atoms with van der Waals surface area (Å²) in [5.74, 6) is -7.79. The zero-order valence-electron chi connectivity index (χ0n) is 13.1. The van der Waals surface area contributed by atoms with Gasteiger partial charge in [0, 0.05) is 6.04 Å². The lowest BCUT2D eigenvalue weighted by molar-refractivity contribution is -0.155. The van der Waals surface area contributed by atoms with Gasteiger partial charge in [0.2, 0.25) is 19.2 Å². The lowest BCUT2D eigenvalue weighted by atomic mass is 9.77. The Kier molecular flexibility index (Phi) is 8.22. The van der Waals surface area contributed by atoms with Gasteiger partial charge < -0.3 is 20.8 Å². The minimum Gasteiger partial charge on any atom is -0.481 e. The van der Waals surface area contributed by atoms with Crippen LogP contribution in [0.15, 0.2) is 0 Å². The number of rotatable bonds is 9. The fourth-order valence-electron chi connectivity index (χ4n) is 1.61. The molecule has 1 atom stereocenters. The molecule has 8 nitrogen and oxygen atoms in total. The van der Waals surface area contributed by atoms with Crippen LogP contribution >= 0.6 is 0 Å². The molecular weight excluding hydrogens is 291 g/mol. The second-order valence-corrected chi connectivity index (χ2v) is 5.60. The van der Waals surface area contributed by atoms with Gasteiger partial charge in [0.05, 0.1) is 0 Å². The van der Waals surface area contributed by atoms with Crippen molar-refractivity contribution in [1.29, 1.82) is 0 Å². The number of carbonyl (C=O) groups is 4. The molecule has 4 N–H and O–H groups in total. The molecule has 22 heavy (non-hydrogen) atoms. The summed E-state index contributed by atoms with van der Waals surface area (Å²) in [5.41, 5.74) is 0. The van der Waals surface area contributed by atoms with Gasteiger partial charge in [-0.25, -0.2) is 0 Å². The standard InChI is InChI=1S/C13H22BN2O6/c1-6(2)14-16-11(18)8(10(17)15-7(3)4)5-9(12(19)20)13(21)22/h6-9H,5H2,1-4H3,(H,15,17)(H,16,18)(H,19,20)(H,21,22). The number of amides is 2. The summed E-state index contributed by atoms with van der Waals surface area (Å²) in [4.78, 5) is 46.0. The average Bonchev–Trinajstić information content (AvgIpc) is 2.34. The van der Waals surface area contributed by atoms with Crippen molar-refractivity contribution in [2.45, 2.75) is 46.0 Å². The SMILES string of the molecule is CC(C)[B]NC(=O)C(CC(C(=O)O)C(=O)O)C(=O)NC(C)C. The Morgan fingerprint density at radius 3 is 1.77 bits per heavy atom. The van der Waals surface area contributed by atoms with E-state index in [1.54, 1.807) is 27.7 Å². The number of hydrogen-bond acceptors (Lipinski definition) is 4. The summed E-state index contributed by atoms with van der Waals surface area (Å²) in [6.07, 6.45) is -0.610. The van der Waals surface area contributed by atoms with Crippen molar-refractivity contribution in [3.05, 3.63) is 0 Å². The van der Waals surface area contributed by atoms with Gasteiger partial charge >= 0.3 is 11.9 Å². The molecule has 0 bridgehead atoms. The third kappa shape index (κ3) is 7.10. The van der Waals surface area contributed by atoms with E-state index in [1.807, 2.05) is 0 Å². The molecular formula is C13H22BN2O6. The molecule has 0 aliphatic rings. The third-order valence-electron chi connectivity index (χ3n) is 2.69. The summed E-state index contributed by atoms with van der Waals surface area (Å²) >= 11 is 0. The molecule has 0 aromatic heterocycles. The summed E-state index contributed by atoms with van der Waals surface area (Å²) in [6.45, 7) is 6.97. The smallest absolute Gasteiger partial charge is 0.317 e. The van der Waals surface area contributed by atoms with Crippen molar-refractivity contribution in [3.8, 4) is 0 Å². The molecule has 0 heterocycles. The van der Waals surface area contributed by atoms with Crippen LogP contribution in [0.25, 0.3) is 0 Å². The first-order valence-corrected chi connectivity index (χ1v) is 6.95. The number of nitrogens with one attached hydrogen (secondary N) is 2. The quantitative estimate of drug-likeness (QED) is 0.346. The fraction of sp³-hybridized carbons (Fsp3) is 0.692. The van der Waals surface area contributed by atoms with Gasteiger partial charge in [-0.3, -0.25) is 19.2 Å². The summed E-state index contributed by atoms with van der Waals surface area (Å²) in [5, 5.41) is 22.7. The van der Waals surface area contributed by atoms with Crippen LogP contribution in [0, 0.1) is 11.8 Å². The molecule has 0 spiro atoms. The molecule has 0 rings (SSSR count). The van der Waals surface area contributed by atoms with Gasteiger partial charge in [0.15, 0.2) is 5.92 Å². The van der Waals surface area contributed by atoms with Gasteiger partial charge in [-0.15, -0.1) is 0 Å². The maximum Gasteiger partial charge on any atom is 0.317 e. The second kappa shape index (κ2) is 9.06. The van der Waals surface area contributed by atoms with E-state index in [2.05, 4.69) is 10.5 Å². The number of carbonyl (C=O) groups excluding carboxylic acids is 2. The van der Waals surface area contributed by atoms with Crippen LogP contribution in [0.4, 0.5) is 0 Å². The third-order valence-corrected chi connectivity index (χ3v) is 2.69. The van der Waals surface area contributed by atoms with E-state index in [0.717, 1.165) is 0 Å². The van der Waals surface area contributed by atoms with Crippen molar-refractivity contribution >= 4 is 31.2 Å². The molecule has 1 unspecified atom stereocenters. The Labute approximate surface area is 129 Å². The summed E-state index contributed by atoms with van der Waals surface area (Å²) in [6, 6.07) is -0.259. The van der Waals surface area contributed by atoms with E-state index in [0.29, 0.717) is 0 Å². The second-order valence-electron chi connectivity index (χ2n) is 5.60. The first kappa shape index (κ1) is 19.9. The van der Waals surface area contributed by atoms with Gasteiger partial charge in [0.1, 0.15) is 5.92 Å². The number of carboxylic acids is 2. The Hall–Kier alpha value is -2.06. The van der Waals surface area contributed by atoms with Crippen LogP contribution in [-0.4, -0.2) is 47.4 Å². The first-order chi connectivity index (χ1) is 10.1. The zero-order chi connectivity index (χ0) is 17.4. The topological polar surface area (TPSA) is 133 Å². The van der Waals surface area contributed by atoms with Crippen molar-refractivity contribution < 1.29 is 29.4 Å². The van der Waals surface area contributed by atoms with Crippen molar-refractivity contribution in [3.63, 3.8) is 0 Å². The average molecular weight is 313 g/mol. The Morgan fingerprint density at radius 1 is 0.909 bits per heavy atom. The van der Waals surface area contributed by atoms with E-state index >= 15 is 0 Å². The molecule has 123 valence electrons. The van der Waals surface area contributed by atoms with Crippen LogP contribution in [-0.2, 0) is 19.2 Å². The van der Waals surface area contributed by atoms with Crippen LogP contribution in [0.3, 0.4) is 0 Å². The van der Waals surface area contributed by atoms with Gasteiger partial charge in [-0.1, -0.05) is 19.7 Å². The highest BCUT2D eigenvalue weighted by atomic mass is 16.4. The minimum absolute atomic E-state index is 0.0208. The largest absolute Gasteiger partial charge is 0.481 e. The van der Waals surface area contributed by atoms with Crippen molar-refractivity contribution in [1.82, 2.24) is 10.5 Å². The molecule has 2 amide bonds. The maximum absolute atomic E-state index is 12.1. The number of carboxylic acid groups (broad SMARTS) is 2. The summed E-state index contributed by atoms with van der Waals surface area (Å²) < 4.78 is 0. The Bertz CT molecular complexity index is 424. The molecule has 1 radical (unpaired) electrons. The predicted octanol–water partition coefficient (Wildman–Crippen LogP) is -0.134. The van der Waals surface area contributed by atoms with Crippen molar-refractivity contribution in [2.75, 3.05) is 0 Å². The fourth-order valence-corrected chi connectivity index (χ4v) is 1.61. The predicted molar refractivity (Wildman–Crippen MR) is 79.1 cm³/mol. The van der Waals surface area contributed by atoms with Crippen LogP contribution in [0.5, 0.6) is 0 Å². The zero-order valence-corrected chi connectivity index (χ0v) is 13.1. The first-order valence-electron chi connectivity index (χ1n) is 6.95. The lowest BCUT2D eigenvalue weighted by Gasteiger charge is -2.20. The monoisotopic (exact) mass is 313 g/mol. The molecule has 0 aromatic rings. The van der Waals surface area contributed by atoms with E-state index in [1.165, 1.54) is 7.41 Å². The van der Waals surface area contributed by atoms with E-state index < -0.39 is 42.0 Å². The van der Waals surface area contributed by atoms with E-state index in [9.17, 15) is 19.2 Å². The number of aliphatic carboxylic acids is 2.